The molecule has 2 aliphatic heterocycles. The lowest BCUT2D eigenvalue weighted by atomic mass is 9.97. The molecule has 4 rings (SSSR count). The SMILES string of the molecule is Cl.O=C(NCC1CCCN(C(=O)Cn2c(=O)[nH]c3ccccc32)C1)C1CCCN1. The largest absolute Gasteiger partial charge is 0.354 e. The van der Waals surface area contributed by atoms with Gasteiger partial charge in [0.25, 0.3) is 0 Å². The number of piperidine rings is 1. The number of likely N-dealkylation sites (tertiary alicyclic amines) is 1. The predicted octanol–water partition coefficient (Wildman–Crippen LogP) is 0.858. The number of aromatic amines is 1. The van der Waals surface area contributed by atoms with E-state index in [1.807, 2.05) is 29.2 Å². The molecule has 2 aromatic rings. The maximum Gasteiger partial charge on any atom is 0.326 e. The molecule has 0 bridgehead atoms. The summed E-state index contributed by atoms with van der Waals surface area (Å²) in [4.78, 5) is 41.8. The van der Waals surface area contributed by atoms with E-state index in [0.29, 0.717) is 19.6 Å². The second kappa shape index (κ2) is 9.45. The Morgan fingerprint density at radius 2 is 2.00 bits per heavy atom. The third kappa shape index (κ3) is 4.82. The van der Waals surface area contributed by atoms with E-state index in [1.54, 1.807) is 0 Å². The van der Waals surface area contributed by atoms with Gasteiger partial charge < -0.3 is 20.5 Å². The van der Waals surface area contributed by atoms with Gasteiger partial charge in [-0.1, -0.05) is 12.1 Å². The van der Waals surface area contributed by atoms with Crippen molar-refractivity contribution in [3.8, 4) is 0 Å². The molecule has 9 heteroatoms. The molecular weight excluding hydrogens is 394 g/mol. The molecule has 2 unspecified atom stereocenters. The Hall–Kier alpha value is -2.32. The van der Waals surface area contributed by atoms with Crippen molar-refractivity contribution in [2.75, 3.05) is 26.2 Å². The van der Waals surface area contributed by atoms with Gasteiger partial charge in [-0.15, -0.1) is 12.4 Å². The van der Waals surface area contributed by atoms with Crippen LogP contribution in [0.4, 0.5) is 0 Å². The number of nitrogens with zero attached hydrogens (tertiary/aromatic N) is 2. The van der Waals surface area contributed by atoms with Crippen molar-refractivity contribution in [3.63, 3.8) is 0 Å². The molecule has 2 saturated heterocycles. The number of H-pyrrole nitrogens is 1. The molecule has 29 heavy (non-hydrogen) atoms. The van der Waals surface area contributed by atoms with Gasteiger partial charge in [0.1, 0.15) is 6.54 Å². The monoisotopic (exact) mass is 421 g/mol. The molecule has 0 spiro atoms. The zero-order valence-corrected chi connectivity index (χ0v) is 17.2. The second-order valence-corrected chi connectivity index (χ2v) is 7.78. The van der Waals surface area contributed by atoms with Crippen LogP contribution in [0.25, 0.3) is 11.0 Å². The van der Waals surface area contributed by atoms with Crippen LogP contribution in [0.3, 0.4) is 0 Å². The predicted molar refractivity (Wildman–Crippen MR) is 113 cm³/mol. The minimum atomic E-state index is -0.264. The number of hydrogen-bond acceptors (Lipinski definition) is 4. The van der Waals surface area contributed by atoms with Crippen molar-refractivity contribution in [1.82, 2.24) is 25.1 Å². The second-order valence-electron chi connectivity index (χ2n) is 7.78. The first kappa shape index (κ1) is 21.4. The van der Waals surface area contributed by atoms with Crippen molar-refractivity contribution in [3.05, 3.63) is 34.7 Å². The third-order valence-electron chi connectivity index (χ3n) is 5.79. The number of aromatic nitrogens is 2. The number of halogens is 1. The summed E-state index contributed by atoms with van der Waals surface area (Å²) < 4.78 is 1.49. The van der Waals surface area contributed by atoms with E-state index in [4.69, 9.17) is 0 Å². The zero-order chi connectivity index (χ0) is 19.5. The van der Waals surface area contributed by atoms with Gasteiger partial charge in [0.05, 0.1) is 17.1 Å². The average Bonchev–Trinajstić information content (AvgIpc) is 3.35. The lowest BCUT2D eigenvalue weighted by Crippen LogP contribution is -2.47. The van der Waals surface area contributed by atoms with Crippen molar-refractivity contribution in [1.29, 1.82) is 0 Å². The fourth-order valence-electron chi connectivity index (χ4n) is 4.23. The molecule has 2 aliphatic rings. The van der Waals surface area contributed by atoms with E-state index in [0.717, 1.165) is 43.3 Å². The molecule has 2 fully saturated rings. The summed E-state index contributed by atoms with van der Waals surface area (Å²) in [6.07, 6.45) is 3.84. The number of imidazole rings is 1. The highest BCUT2D eigenvalue weighted by Gasteiger charge is 2.27. The van der Waals surface area contributed by atoms with Crippen molar-refractivity contribution in [2.45, 2.75) is 38.3 Å². The van der Waals surface area contributed by atoms with Gasteiger partial charge in [0, 0.05) is 19.6 Å². The van der Waals surface area contributed by atoms with E-state index < -0.39 is 0 Å². The van der Waals surface area contributed by atoms with Crippen LogP contribution in [-0.4, -0.2) is 58.5 Å². The Balaban J connectivity index is 0.00000240. The molecule has 0 aliphatic carbocycles. The molecular formula is C20H28ClN5O3. The molecule has 3 N–H and O–H groups in total. The van der Waals surface area contributed by atoms with Gasteiger partial charge >= 0.3 is 5.69 Å². The topological polar surface area (TPSA) is 99.2 Å². The van der Waals surface area contributed by atoms with Gasteiger partial charge in [-0.3, -0.25) is 14.2 Å². The Morgan fingerprint density at radius 1 is 1.17 bits per heavy atom. The molecule has 0 radical (unpaired) electrons. The maximum atomic E-state index is 12.8. The van der Waals surface area contributed by atoms with E-state index in [2.05, 4.69) is 15.6 Å². The van der Waals surface area contributed by atoms with Gasteiger partial charge in [-0.2, -0.15) is 0 Å². The minimum absolute atomic E-state index is 0. The van der Waals surface area contributed by atoms with Crippen LogP contribution in [0.1, 0.15) is 25.7 Å². The Bertz CT molecular complexity index is 918. The molecule has 8 nitrogen and oxygen atoms in total. The highest BCUT2D eigenvalue weighted by molar-refractivity contribution is 5.85. The van der Waals surface area contributed by atoms with E-state index >= 15 is 0 Å². The number of fused-ring (bicyclic) bond motifs is 1. The molecule has 158 valence electrons. The molecule has 1 aromatic carbocycles. The maximum absolute atomic E-state index is 12.8. The molecule has 2 amide bonds. The summed E-state index contributed by atoms with van der Waals surface area (Å²) >= 11 is 0. The Labute approximate surface area is 175 Å². The zero-order valence-electron chi connectivity index (χ0n) is 16.4. The first-order valence-electron chi connectivity index (χ1n) is 10.1. The van der Waals surface area contributed by atoms with Crippen LogP contribution < -0.4 is 16.3 Å². The fraction of sp³-hybridized carbons (Fsp3) is 0.550. The molecule has 1 aromatic heterocycles. The quantitative estimate of drug-likeness (QED) is 0.666. The van der Waals surface area contributed by atoms with Crippen LogP contribution in [0.2, 0.25) is 0 Å². The fourth-order valence-corrected chi connectivity index (χ4v) is 4.23. The van der Waals surface area contributed by atoms with Crippen LogP contribution in [-0.2, 0) is 16.1 Å². The Kier molecular flexibility index (Phi) is 6.97. The molecule has 0 saturated carbocycles. The molecule has 3 heterocycles. The van der Waals surface area contributed by atoms with Crippen LogP contribution in [0, 0.1) is 5.92 Å². The van der Waals surface area contributed by atoms with E-state index in [1.165, 1.54) is 4.57 Å². The number of benzene rings is 1. The van der Waals surface area contributed by atoms with Crippen molar-refractivity contribution >= 4 is 35.3 Å². The number of nitrogens with one attached hydrogen (secondary N) is 3. The van der Waals surface area contributed by atoms with Crippen LogP contribution in [0.15, 0.2) is 29.1 Å². The standard InChI is InChI=1S/C20H27N5O3.ClH/c26-18(13-25-17-8-2-1-6-15(17)23-20(25)28)24-10-4-5-14(12-24)11-22-19(27)16-7-3-9-21-16;/h1-2,6,8,14,16,21H,3-5,7,9-13H2,(H,22,27)(H,23,28);1H. The first-order chi connectivity index (χ1) is 13.6. The van der Waals surface area contributed by atoms with Gasteiger partial charge in [-0.05, 0) is 50.3 Å². The van der Waals surface area contributed by atoms with E-state index in [-0.39, 0.29) is 48.4 Å². The van der Waals surface area contributed by atoms with Crippen molar-refractivity contribution in [2.24, 2.45) is 5.92 Å². The average molecular weight is 422 g/mol. The first-order valence-corrected chi connectivity index (χ1v) is 10.1. The summed E-state index contributed by atoms with van der Waals surface area (Å²) in [6, 6.07) is 7.31. The van der Waals surface area contributed by atoms with Gasteiger partial charge in [0.15, 0.2) is 0 Å². The number of hydrogen-bond donors (Lipinski definition) is 3. The number of rotatable bonds is 5. The summed E-state index contributed by atoms with van der Waals surface area (Å²) in [5.74, 6) is 0.259. The summed E-state index contributed by atoms with van der Waals surface area (Å²) in [5.41, 5.74) is 1.21. The van der Waals surface area contributed by atoms with E-state index in [9.17, 15) is 14.4 Å². The number of carbonyl (C=O) groups excluding carboxylic acids is 2. The van der Waals surface area contributed by atoms with Crippen LogP contribution in [0.5, 0.6) is 0 Å². The van der Waals surface area contributed by atoms with Crippen LogP contribution >= 0.6 is 12.4 Å². The summed E-state index contributed by atoms with van der Waals surface area (Å²) in [6.45, 7) is 2.84. The number of para-hydroxylation sites is 2. The normalized spacial score (nSPS) is 21.7. The minimum Gasteiger partial charge on any atom is -0.354 e. The smallest absolute Gasteiger partial charge is 0.326 e. The number of amides is 2. The summed E-state index contributed by atoms with van der Waals surface area (Å²) in [5, 5.41) is 6.24. The highest BCUT2D eigenvalue weighted by atomic mass is 35.5. The van der Waals surface area contributed by atoms with Gasteiger partial charge in [0.2, 0.25) is 11.8 Å². The highest BCUT2D eigenvalue weighted by Crippen LogP contribution is 2.17. The van der Waals surface area contributed by atoms with Crippen molar-refractivity contribution < 1.29 is 9.59 Å². The lowest BCUT2D eigenvalue weighted by Gasteiger charge is -2.33. The molecule has 2 atom stereocenters. The van der Waals surface area contributed by atoms with Gasteiger partial charge in [-0.25, -0.2) is 4.79 Å². The third-order valence-corrected chi connectivity index (χ3v) is 5.79. The lowest BCUT2D eigenvalue weighted by molar-refractivity contribution is -0.133. The Morgan fingerprint density at radius 3 is 2.79 bits per heavy atom. The summed E-state index contributed by atoms with van der Waals surface area (Å²) in [7, 11) is 0. The number of carbonyl (C=O) groups is 2.